The van der Waals surface area contributed by atoms with Gasteiger partial charge in [0.1, 0.15) is 5.70 Å². The van der Waals surface area contributed by atoms with Gasteiger partial charge in [-0.15, -0.1) is 0 Å². The summed E-state index contributed by atoms with van der Waals surface area (Å²) in [4.78, 5) is 21.8. The van der Waals surface area contributed by atoms with Crippen LogP contribution in [0.1, 0.15) is 33.3 Å². The van der Waals surface area contributed by atoms with Crippen LogP contribution in [0.3, 0.4) is 0 Å². The van der Waals surface area contributed by atoms with Crippen LogP contribution in [0.5, 0.6) is 0 Å². The molecule has 1 amide bonds. The first-order chi connectivity index (χ1) is 12.9. The zero-order valence-corrected chi connectivity index (χ0v) is 16.8. The molecule has 0 aliphatic carbocycles. The van der Waals surface area contributed by atoms with E-state index in [2.05, 4.69) is 32.6 Å². The van der Waals surface area contributed by atoms with E-state index in [1.807, 2.05) is 48.5 Å². The topological polar surface area (TPSA) is 35.9 Å². The van der Waals surface area contributed by atoms with Crippen molar-refractivity contribution in [3.8, 4) is 0 Å². The molecule has 0 radical (unpaired) electrons. The minimum atomic E-state index is -0.137. The van der Waals surface area contributed by atoms with Crippen LogP contribution >= 0.6 is 11.6 Å². The molecule has 0 spiro atoms. The van der Waals surface area contributed by atoms with E-state index in [1.54, 1.807) is 17.0 Å². The van der Waals surface area contributed by atoms with Gasteiger partial charge in [0, 0.05) is 17.1 Å². The minimum absolute atomic E-state index is 0.137. The third-order valence-electron chi connectivity index (χ3n) is 4.37. The second-order valence-corrected chi connectivity index (χ2v) is 7.50. The zero-order chi connectivity index (χ0) is 19.6. The third-order valence-corrected chi connectivity index (χ3v) is 4.63. The van der Waals surface area contributed by atoms with E-state index >= 15 is 0 Å². The molecular formula is C22H24ClN3O. The second-order valence-electron chi connectivity index (χ2n) is 7.06. The molecule has 0 aromatic heterocycles. The molecule has 1 heterocycles. The number of hydrogen-bond donors (Lipinski definition) is 0. The Balaban J connectivity index is 2.10. The summed E-state index contributed by atoms with van der Waals surface area (Å²) in [6, 6.07) is 17.4. The lowest BCUT2D eigenvalue weighted by atomic mass is 10.2. The van der Waals surface area contributed by atoms with Crippen molar-refractivity contribution in [1.82, 2.24) is 4.90 Å². The fourth-order valence-corrected chi connectivity index (χ4v) is 3.39. The van der Waals surface area contributed by atoms with Gasteiger partial charge in [0.15, 0.2) is 0 Å². The Kier molecular flexibility index (Phi) is 5.66. The maximum absolute atomic E-state index is 13.2. The standard InChI is InChI=1S/C22H24ClN3O/c1-15(2)25(16(3)4)22-24-20(14-17-8-6-5-7-9-17)21(27)26(22)19-12-10-18(23)11-13-19/h5-16H,1-4H3/b20-14-. The maximum Gasteiger partial charge on any atom is 0.283 e. The molecule has 0 atom stereocenters. The van der Waals surface area contributed by atoms with E-state index < -0.39 is 0 Å². The Morgan fingerprint density at radius 1 is 0.963 bits per heavy atom. The van der Waals surface area contributed by atoms with Gasteiger partial charge in [-0.3, -0.25) is 4.79 Å². The highest BCUT2D eigenvalue weighted by atomic mass is 35.5. The lowest BCUT2D eigenvalue weighted by molar-refractivity contribution is -0.113. The zero-order valence-electron chi connectivity index (χ0n) is 16.1. The van der Waals surface area contributed by atoms with E-state index in [4.69, 9.17) is 16.6 Å². The highest BCUT2D eigenvalue weighted by Gasteiger charge is 2.36. The molecule has 0 saturated carbocycles. The number of amides is 1. The molecular weight excluding hydrogens is 358 g/mol. The third kappa shape index (κ3) is 4.06. The largest absolute Gasteiger partial charge is 0.337 e. The first kappa shape index (κ1) is 19.2. The van der Waals surface area contributed by atoms with E-state index in [1.165, 1.54) is 0 Å². The molecule has 27 heavy (non-hydrogen) atoms. The van der Waals surface area contributed by atoms with Gasteiger partial charge in [-0.2, -0.15) is 0 Å². The molecule has 0 fully saturated rings. The maximum atomic E-state index is 13.2. The number of guanidine groups is 1. The predicted molar refractivity (Wildman–Crippen MR) is 113 cm³/mol. The smallest absolute Gasteiger partial charge is 0.283 e. The van der Waals surface area contributed by atoms with Gasteiger partial charge in [0.05, 0.1) is 5.69 Å². The van der Waals surface area contributed by atoms with Crippen LogP contribution in [0, 0.1) is 0 Å². The Labute approximate surface area is 165 Å². The van der Waals surface area contributed by atoms with Crippen molar-refractivity contribution in [1.29, 1.82) is 0 Å². The van der Waals surface area contributed by atoms with Crippen molar-refractivity contribution in [2.24, 2.45) is 4.99 Å². The summed E-state index contributed by atoms with van der Waals surface area (Å²) < 4.78 is 0. The Bertz CT molecular complexity index is 862. The fourth-order valence-electron chi connectivity index (χ4n) is 3.27. The molecule has 0 N–H and O–H groups in total. The first-order valence-corrected chi connectivity index (χ1v) is 9.50. The van der Waals surface area contributed by atoms with Crippen molar-refractivity contribution >= 4 is 35.2 Å². The molecule has 1 aliphatic heterocycles. The number of rotatable bonds is 4. The average Bonchev–Trinajstić information content (AvgIpc) is 2.92. The number of anilines is 1. The summed E-state index contributed by atoms with van der Waals surface area (Å²) in [5, 5.41) is 0.633. The summed E-state index contributed by atoms with van der Waals surface area (Å²) in [5.74, 6) is 0.511. The molecule has 5 heteroatoms. The summed E-state index contributed by atoms with van der Waals surface area (Å²) >= 11 is 6.04. The number of benzene rings is 2. The molecule has 0 saturated heterocycles. The molecule has 2 aromatic rings. The summed E-state index contributed by atoms with van der Waals surface area (Å²) in [6.07, 6.45) is 1.83. The van der Waals surface area contributed by atoms with Crippen molar-refractivity contribution in [2.75, 3.05) is 4.90 Å². The Hall–Kier alpha value is -2.59. The highest BCUT2D eigenvalue weighted by Crippen LogP contribution is 2.29. The molecule has 3 rings (SSSR count). The SMILES string of the molecule is CC(C)N(C1=N/C(=C\c2ccccc2)C(=O)N1c1ccc(Cl)cc1)C(C)C. The van der Waals surface area contributed by atoms with Crippen LogP contribution in [-0.4, -0.2) is 28.9 Å². The van der Waals surface area contributed by atoms with Crippen molar-refractivity contribution < 1.29 is 4.79 Å². The van der Waals surface area contributed by atoms with E-state index in [0.717, 1.165) is 11.3 Å². The number of carbonyl (C=O) groups excluding carboxylic acids is 1. The number of carbonyl (C=O) groups is 1. The normalized spacial score (nSPS) is 15.8. The van der Waals surface area contributed by atoms with Crippen LogP contribution in [0.4, 0.5) is 5.69 Å². The van der Waals surface area contributed by atoms with Crippen LogP contribution in [0.25, 0.3) is 6.08 Å². The van der Waals surface area contributed by atoms with Gasteiger partial charge in [-0.05, 0) is 63.6 Å². The monoisotopic (exact) mass is 381 g/mol. The predicted octanol–water partition coefficient (Wildman–Crippen LogP) is 5.20. The van der Waals surface area contributed by atoms with Gasteiger partial charge < -0.3 is 4.90 Å². The number of aliphatic imine (C=N–C) groups is 1. The molecule has 0 unspecified atom stereocenters. The van der Waals surface area contributed by atoms with E-state index in [-0.39, 0.29) is 18.0 Å². The van der Waals surface area contributed by atoms with Crippen LogP contribution in [-0.2, 0) is 4.79 Å². The summed E-state index contributed by atoms with van der Waals surface area (Å²) in [7, 11) is 0. The highest BCUT2D eigenvalue weighted by molar-refractivity contribution is 6.31. The quantitative estimate of drug-likeness (QED) is 0.682. The van der Waals surface area contributed by atoms with Crippen molar-refractivity contribution in [3.63, 3.8) is 0 Å². The van der Waals surface area contributed by atoms with Crippen molar-refractivity contribution in [3.05, 3.63) is 70.9 Å². The number of hydrogen-bond acceptors (Lipinski definition) is 3. The van der Waals surface area contributed by atoms with Gasteiger partial charge in [-0.1, -0.05) is 41.9 Å². The van der Waals surface area contributed by atoms with Gasteiger partial charge >= 0.3 is 0 Å². The molecule has 1 aliphatic rings. The second kappa shape index (κ2) is 7.97. The number of halogens is 1. The van der Waals surface area contributed by atoms with Crippen LogP contribution in [0.2, 0.25) is 5.02 Å². The van der Waals surface area contributed by atoms with Crippen LogP contribution < -0.4 is 4.90 Å². The van der Waals surface area contributed by atoms with E-state index in [0.29, 0.717) is 16.7 Å². The Morgan fingerprint density at radius 3 is 2.11 bits per heavy atom. The number of nitrogens with zero attached hydrogens (tertiary/aromatic N) is 3. The Morgan fingerprint density at radius 2 is 1.56 bits per heavy atom. The lowest BCUT2D eigenvalue weighted by Gasteiger charge is -2.35. The molecule has 0 bridgehead atoms. The lowest BCUT2D eigenvalue weighted by Crippen LogP contribution is -2.50. The summed E-state index contributed by atoms with van der Waals surface area (Å²) in [6.45, 7) is 8.41. The first-order valence-electron chi connectivity index (χ1n) is 9.12. The average molecular weight is 382 g/mol. The van der Waals surface area contributed by atoms with Crippen LogP contribution in [0.15, 0.2) is 65.3 Å². The molecule has 4 nitrogen and oxygen atoms in total. The van der Waals surface area contributed by atoms with Crippen molar-refractivity contribution in [2.45, 2.75) is 39.8 Å². The summed E-state index contributed by atoms with van der Waals surface area (Å²) in [5.41, 5.74) is 2.13. The van der Waals surface area contributed by atoms with E-state index in [9.17, 15) is 4.79 Å². The fraction of sp³-hybridized carbons (Fsp3) is 0.273. The minimum Gasteiger partial charge on any atom is -0.337 e. The van der Waals surface area contributed by atoms with Gasteiger partial charge in [0.25, 0.3) is 5.91 Å². The molecule has 140 valence electrons. The van der Waals surface area contributed by atoms with Gasteiger partial charge in [-0.25, -0.2) is 9.89 Å². The van der Waals surface area contributed by atoms with Gasteiger partial charge in [0.2, 0.25) is 5.96 Å². The molecule has 2 aromatic carbocycles.